The zero-order chi connectivity index (χ0) is 12.3. The topological polar surface area (TPSA) is 21.3 Å². The van der Waals surface area contributed by atoms with Crippen LogP contribution in [0.1, 0.15) is 37.8 Å². The summed E-state index contributed by atoms with van der Waals surface area (Å²) >= 11 is 6.01. The van der Waals surface area contributed by atoms with Crippen LogP contribution >= 0.6 is 11.6 Å². The van der Waals surface area contributed by atoms with Gasteiger partial charge in [-0.15, -0.1) is 0 Å². The minimum absolute atomic E-state index is 0.314. The van der Waals surface area contributed by atoms with E-state index >= 15 is 0 Å². The largest absolute Gasteiger partial charge is 0.380 e. The molecule has 1 aliphatic rings. The van der Waals surface area contributed by atoms with Crippen LogP contribution in [0.15, 0.2) is 24.3 Å². The molecule has 0 saturated heterocycles. The molecule has 2 nitrogen and oxygen atoms in total. The first-order valence-electron chi connectivity index (χ1n) is 6.25. The summed E-state index contributed by atoms with van der Waals surface area (Å²) in [6, 6.07) is 8.82. The number of rotatable bonds is 4. The van der Waals surface area contributed by atoms with E-state index in [0.717, 1.165) is 11.4 Å². The minimum atomic E-state index is 0.314. The first kappa shape index (κ1) is 12.9. The van der Waals surface area contributed by atoms with E-state index in [2.05, 4.69) is 18.3 Å². The van der Waals surface area contributed by atoms with Gasteiger partial charge in [-0.25, -0.2) is 0 Å². The van der Waals surface area contributed by atoms with Crippen LogP contribution in [0.3, 0.4) is 0 Å². The number of nitrogens with one attached hydrogen (secondary N) is 1. The average Bonchev–Trinajstić information content (AvgIpc) is 2.76. The van der Waals surface area contributed by atoms with Crippen molar-refractivity contribution in [1.29, 1.82) is 0 Å². The van der Waals surface area contributed by atoms with Crippen molar-refractivity contribution in [2.45, 2.75) is 44.4 Å². The highest BCUT2D eigenvalue weighted by molar-refractivity contribution is 6.30. The summed E-state index contributed by atoms with van der Waals surface area (Å²) in [4.78, 5) is 0. The lowest BCUT2D eigenvalue weighted by Gasteiger charge is -2.24. The maximum atomic E-state index is 6.01. The maximum Gasteiger partial charge on any atom is 0.0724 e. The fourth-order valence-electron chi connectivity index (χ4n) is 2.59. The molecule has 17 heavy (non-hydrogen) atoms. The van der Waals surface area contributed by atoms with Crippen LogP contribution < -0.4 is 5.32 Å². The zero-order valence-electron chi connectivity index (χ0n) is 10.4. The Morgan fingerprint density at radius 3 is 2.94 bits per heavy atom. The Labute approximate surface area is 108 Å². The van der Waals surface area contributed by atoms with Gasteiger partial charge in [0.2, 0.25) is 0 Å². The van der Waals surface area contributed by atoms with E-state index in [0.29, 0.717) is 18.2 Å². The van der Waals surface area contributed by atoms with Crippen LogP contribution in [0.5, 0.6) is 0 Å². The third kappa shape index (κ3) is 3.21. The van der Waals surface area contributed by atoms with Gasteiger partial charge in [0.1, 0.15) is 0 Å². The number of methoxy groups -OCH3 is 1. The number of ether oxygens (including phenoxy) is 1. The Bertz CT molecular complexity index is 369. The summed E-state index contributed by atoms with van der Waals surface area (Å²) in [5.41, 5.74) is 1.24. The van der Waals surface area contributed by atoms with Gasteiger partial charge in [-0.05, 0) is 43.9 Å². The fraction of sp³-hybridized carbons (Fsp3) is 0.571. The van der Waals surface area contributed by atoms with Gasteiger partial charge < -0.3 is 10.1 Å². The summed E-state index contributed by atoms with van der Waals surface area (Å²) in [6.07, 6.45) is 3.97. The lowest BCUT2D eigenvalue weighted by Crippen LogP contribution is -2.38. The second-order valence-electron chi connectivity index (χ2n) is 4.75. The molecule has 1 fully saturated rings. The van der Waals surface area contributed by atoms with Gasteiger partial charge >= 0.3 is 0 Å². The lowest BCUT2D eigenvalue weighted by atomic mass is 10.1. The van der Waals surface area contributed by atoms with Gasteiger partial charge in [-0.2, -0.15) is 0 Å². The van der Waals surface area contributed by atoms with Crippen LogP contribution in [0.25, 0.3) is 0 Å². The molecule has 3 unspecified atom stereocenters. The molecule has 1 saturated carbocycles. The summed E-state index contributed by atoms with van der Waals surface area (Å²) in [5, 5.41) is 4.44. The minimum Gasteiger partial charge on any atom is -0.380 e. The van der Waals surface area contributed by atoms with Gasteiger partial charge in [0.05, 0.1) is 6.10 Å². The van der Waals surface area contributed by atoms with Gasteiger partial charge in [0.25, 0.3) is 0 Å². The standard InChI is InChI=1S/C14H20ClNO/c1-10(11-5-3-6-12(15)9-11)16-13-7-4-8-14(13)17-2/h3,5-6,9-10,13-14,16H,4,7-8H2,1-2H3. The van der Waals surface area contributed by atoms with E-state index in [1.165, 1.54) is 18.4 Å². The van der Waals surface area contributed by atoms with Gasteiger partial charge in [-0.3, -0.25) is 0 Å². The monoisotopic (exact) mass is 253 g/mol. The summed E-state index contributed by atoms with van der Waals surface area (Å²) in [6.45, 7) is 2.18. The van der Waals surface area contributed by atoms with E-state index in [-0.39, 0.29) is 0 Å². The van der Waals surface area contributed by atoms with E-state index in [1.54, 1.807) is 7.11 Å². The molecule has 3 atom stereocenters. The highest BCUT2D eigenvalue weighted by Crippen LogP contribution is 2.25. The number of benzene rings is 1. The Balaban J connectivity index is 1.99. The summed E-state index contributed by atoms with van der Waals surface area (Å²) in [5.74, 6) is 0. The number of hydrogen-bond donors (Lipinski definition) is 1. The number of hydrogen-bond acceptors (Lipinski definition) is 2. The molecule has 94 valence electrons. The molecular weight excluding hydrogens is 234 g/mol. The predicted octanol–water partition coefficient (Wildman–Crippen LogP) is 3.56. The Morgan fingerprint density at radius 2 is 2.24 bits per heavy atom. The molecule has 0 aliphatic heterocycles. The molecule has 2 rings (SSSR count). The van der Waals surface area contributed by atoms with Gasteiger partial charge in [-0.1, -0.05) is 23.7 Å². The van der Waals surface area contributed by atoms with Gasteiger partial charge in [0.15, 0.2) is 0 Å². The van der Waals surface area contributed by atoms with E-state index in [1.807, 2.05) is 18.2 Å². The van der Waals surface area contributed by atoms with Crippen molar-refractivity contribution in [1.82, 2.24) is 5.32 Å². The first-order valence-corrected chi connectivity index (χ1v) is 6.63. The van der Waals surface area contributed by atoms with Crippen molar-refractivity contribution >= 4 is 11.6 Å². The molecule has 3 heteroatoms. The molecule has 1 aromatic carbocycles. The summed E-state index contributed by atoms with van der Waals surface area (Å²) in [7, 11) is 1.80. The molecule has 0 radical (unpaired) electrons. The first-order chi connectivity index (χ1) is 8.20. The normalized spacial score (nSPS) is 26.1. The molecule has 0 bridgehead atoms. The maximum absolute atomic E-state index is 6.01. The molecule has 1 aliphatic carbocycles. The van der Waals surface area contributed by atoms with Gasteiger partial charge in [0, 0.05) is 24.2 Å². The van der Waals surface area contributed by atoms with Crippen molar-refractivity contribution in [3.63, 3.8) is 0 Å². The molecule has 0 heterocycles. The third-order valence-electron chi connectivity index (χ3n) is 3.57. The zero-order valence-corrected chi connectivity index (χ0v) is 11.2. The lowest BCUT2D eigenvalue weighted by molar-refractivity contribution is 0.0820. The van der Waals surface area contributed by atoms with Crippen LogP contribution in [-0.4, -0.2) is 19.3 Å². The molecular formula is C14H20ClNO. The van der Waals surface area contributed by atoms with Crippen molar-refractivity contribution in [2.75, 3.05) is 7.11 Å². The average molecular weight is 254 g/mol. The Morgan fingerprint density at radius 1 is 1.41 bits per heavy atom. The quantitative estimate of drug-likeness (QED) is 0.886. The van der Waals surface area contributed by atoms with E-state index < -0.39 is 0 Å². The third-order valence-corrected chi connectivity index (χ3v) is 3.80. The highest BCUT2D eigenvalue weighted by atomic mass is 35.5. The van der Waals surface area contributed by atoms with Crippen LogP contribution in [0.4, 0.5) is 0 Å². The molecule has 0 aromatic heterocycles. The smallest absolute Gasteiger partial charge is 0.0724 e. The SMILES string of the molecule is COC1CCCC1NC(C)c1cccc(Cl)c1. The van der Waals surface area contributed by atoms with E-state index in [4.69, 9.17) is 16.3 Å². The van der Waals surface area contributed by atoms with Crippen molar-refractivity contribution in [2.24, 2.45) is 0 Å². The Hall–Kier alpha value is -0.570. The van der Waals surface area contributed by atoms with E-state index in [9.17, 15) is 0 Å². The molecule has 1 N–H and O–H groups in total. The fourth-order valence-corrected chi connectivity index (χ4v) is 2.79. The second-order valence-corrected chi connectivity index (χ2v) is 5.19. The van der Waals surface area contributed by atoms with Crippen LogP contribution in [-0.2, 0) is 4.74 Å². The second kappa shape index (κ2) is 5.85. The summed E-state index contributed by atoms with van der Waals surface area (Å²) < 4.78 is 5.50. The molecule has 1 aromatic rings. The molecule has 0 amide bonds. The highest BCUT2D eigenvalue weighted by Gasteiger charge is 2.28. The predicted molar refractivity (Wildman–Crippen MR) is 71.4 cm³/mol. The Kier molecular flexibility index (Phi) is 4.43. The number of halogens is 1. The van der Waals surface area contributed by atoms with Crippen LogP contribution in [0, 0.1) is 0 Å². The van der Waals surface area contributed by atoms with Crippen LogP contribution in [0.2, 0.25) is 5.02 Å². The van der Waals surface area contributed by atoms with Crippen molar-refractivity contribution in [3.05, 3.63) is 34.9 Å². The van der Waals surface area contributed by atoms with Crippen molar-refractivity contribution in [3.8, 4) is 0 Å². The molecule has 0 spiro atoms. The van der Waals surface area contributed by atoms with Crippen molar-refractivity contribution < 1.29 is 4.74 Å².